The SMILES string of the molecule is Cc1cc(C)n(-c2ncc(S(=O)(=O)c3ccccc3)c(N)n2)n1. The molecule has 1 aromatic carbocycles. The molecule has 3 aromatic rings. The van der Waals surface area contributed by atoms with Gasteiger partial charge in [-0.1, -0.05) is 18.2 Å². The van der Waals surface area contributed by atoms with Crippen LogP contribution < -0.4 is 5.73 Å². The average molecular weight is 329 g/mol. The molecular formula is C15H15N5O2S. The predicted octanol–water partition coefficient (Wildman–Crippen LogP) is 1.69. The summed E-state index contributed by atoms with van der Waals surface area (Å²) in [6.45, 7) is 3.70. The fraction of sp³-hybridized carbons (Fsp3) is 0.133. The summed E-state index contributed by atoms with van der Waals surface area (Å²) in [7, 11) is -3.75. The van der Waals surface area contributed by atoms with Crippen LogP contribution in [0.2, 0.25) is 0 Å². The summed E-state index contributed by atoms with van der Waals surface area (Å²) >= 11 is 0. The number of rotatable bonds is 3. The second-order valence-corrected chi connectivity index (χ2v) is 6.99. The fourth-order valence-electron chi connectivity index (χ4n) is 2.24. The van der Waals surface area contributed by atoms with Crippen LogP contribution in [0.3, 0.4) is 0 Å². The Kier molecular flexibility index (Phi) is 3.61. The Morgan fingerprint density at radius 2 is 1.83 bits per heavy atom. The van der Waals surface area contributed by atoms with Gasteiger partial charge in [0.05, 0.1) is 16.8 Å². The highest BCUT2D eigenvalue weighted by Gasteiger charge is 2.22. The molecule has 0 bridgehead atoms. The maximum absolute atomic E-state index is 12.6. The van der Waals surface area contributed by atoms with Gasteiger partial charge in [-0.2, -0.15) is 10.1 Å². The summed E-state index contributed by atoms with van der Waals surface area (Å²) in [6, 6.07) is 9.91. The van der Waals surface area contributed by atoms with E-state index in [0.717, 1.165) is 11.4 Å². The number of aromatic nitrogens is 4. The van der Waals surface area contributed by atoms with Crippen molar-refractivity contribution in [3.63, 3.8) is 0 Å². The summed E-state index contributed by atoms with van der Waals surface area (Å²) < 4.78 is 26.7. The topological polar surface area (TPSA) is 104 Å². The lowest BCUT2D eigenvalue weighted by molar-refractivity contribution is 0.595. The van der Waals surface area contributed by atoms with Gasteiger partial charge >= 0.3 is 0 Å². The van der Waals surface area contributed by atoms with Crippen LogP contribution in [0, 0.1) is 13.8 Å². The van der Waals surface area contributed by atoms with Crippen LogP contribution in [0.4, 0.5) is 5.82 Å². The summed E-state index contributed by atoms with van der Waals surface area (Å²) in [5.74, 6) is 0.131. The number of nitrogen functional groups attached to an aromatic ring is 1. The molecule has 2 heterocycles. The van der Waals surface area contributed by atoms with Crippen molar-refractivity contribution in [2.45, 2.75) is 23.6 Å². The van der Waals surface area contributed by atoms with Gasteiger partial charge in [-0.25, -0.2) is 18.1 Å². The number of hydrogen-bond donors (Lipinski definition) is 1. The van der Waals surface area contributed by atoms with Crippen molar-refractivity contribution in [1.29, 1.82) is 0 Å². The number of nitrogens with two attached hydrogens (primary N) is 1. The van der Waals surface area contributed by atoms with Crippen molar-refractivity contribution in [3.8, 4) is 5.95 Å². The summed E-state index contributed by atoms with van der Waals surface area (Å²) in [5, 5.41) is 4.26. The number of sulfone groups is 1. The Bertz CT molecular complexity index is 965. The van der Waals surface area contributed by atoms with Crippen LogP contribution >= 0.6 is 0 Å². The molecule has 0 spiro atoms. The maximum atomic E-state index is 12.6. The lowest BCUT2D eigenvalue weighted by Crippen LogP contribution is -2.12. The molecule has 0 amide bonds. The van der Waals surface area contributed by atoms with E-state index in [2.05, 4.69) is 15.1 Å². The first-order valence-corrected chi connectivity index (χ1v) is 8.34. The van der Waals surface area contributed by atoms with Crippen LogP contribution in [0.1, 0.15) is 11.4 Å². The third kappa shape index (κ3) is 2.68. The van der Waals surface area contributed by atoms with Gasteiger partial charge in [0, 0.05) is 5.69 Å². The summed E-state index contributed by atoms with van der Waals surface area (Å²) in [5.41, 5.74) is 7.51. The predicted molar refractivity (Wildman–Crippen MR) is 84.9 cm³/mol. The third-order valence-corrected chi connectivity index (χ3v) is 5.10. The van der Waals surface area contributed by atoms with E-state index in [1.54, 1.807) is 18.2 Å². The van der Waals surface area contributed by atoms with Gasteiger partial charge < -0.3 is 5.73 Å². The minimum atomic E-state index is -3.75. The smallest absolute Gasteiger partial charge is 0.252 e. The fourth-order valence-corrected chi connectivity index (χ4v) is 3.52. The first-order valence-electron chi connectivity index (χ1n) is 6.86. The summed E-state index contributed by atoms with van der Waals surface area (Å²) in [6.07, 6.45) is 1.22. The molecular weight excluding hydrogens is 314 g/mol. The van der Waals surface area contributed by atoms with Gasteiger partial charge in [-0.05, 0) is 32.0 Å². The molecule has 0 fully saturated rings. The molecule has 0 saturated heterocycles. The van der Waals surface area contributed by atoms with Crippen molar-refractivity contribution in [2.24, 2.45) is 0 Å². The Morgan fingerprint density at radius 3 is 2.39 bits per heavy atom. The Morgan fingerprint density at radius 1 is 1.13 bits per heavy atom. The molecule has 0 aliphatic heterocycles. The third-order valence-electron chi connectivity index (χ3n) is 3.31. The lowest BCUT2D eigenvalue weighted by Gasteiger charge is -2.08. The number of nitrogens with zero attached hydrogens (tertiary/aromatic N) is 4. The van der Waals surface area contributed by atoms with Gasteiger partial charge in [0.1, 0.15) is 10.7 Å². The number of benzene rings is 1. The van der Waals surface area contributed by atoms with E-state index in [4.69, 9.17) is 5.73 Å². The van der Waals surface area contributed by atoms with Crippen molar-refractivity contribution < 1.29 is 8.42 Å². The molecule has 7 nitrogen and oxygen atoms in total. The second kappa shape index (κ2) is 5.47. The molecule has 2 N–H and O–H groups in total. The molecule has 8 heteroatoms. The van der Waals surface area contributed by atoms with E-state index in [1.165, 1.54) is 23.0 Å². The monoisotopic (exact) mass is 329 g/mol. The lowest BCUT2D eigenvalue weighted by atomic mass is 10.4. The summed E-state index contributed by atoms with van der Waals surface area (Å²) in [4.78, 5) is 8.23. The Labute approximate surface area is 133 Å². The minimum Gasteiger partial charge on any atom is -0.382 e. The van der Waals surface area contributed by atoms with Crippen molar-refractivity contribution in [1.82, 2.24) is 19.7 Å². The van der Waals surface area contributed by atoms with Crippen molar-refractivity contribution >= 4 is 15.7 Å². The molecule has 0 unspecified atom stereocenters. The van der Waals surface area contributed by atoms with Crippen LogP contribution in [0.15, 0.2) is 52.4 Å². The molecule has 0 atom stereocenters. The molecule has 0 saturated carbocycles. The van der Waals surface area contributed by atoms with E-state index in [9.17, 15) is 8.42 Å². The molecule has 2 aromatic heterocycles. The van der Waals surface area contributed by atoms with Crippen LogP contribution in [0.25, 0.3) is 5.95 Å². The van der Waals surface area contributed by atoms with E-state index >= 15 is 0 Å². The average Bonchev–Trinajstić information content (AvgIpc) is 2.86. The van der Waals surface area contributed by atoms with Crippen LogP contribution in [-0.4, -0.2) is 28.2 Å². The van der Waals surface area contributed by atoms with Gasteiger partial charge in [-0.15, -0.1) is 0 Å². The van der Waals surface area contributed by atoms with E-state index in [0.29, 0.717) is 0 Å². The van der Waals surface area contributed by atoms with Gasteiger partial charge in [0.2, 0.25) is 9.84 Å². The van der Waals surface area contributed by atoms with Crippen LogP contribution in [-0.2, 0) is 9.84 Å². The molecule has 0 radical (unpaired) electrons. The van der Waals surface area contributed by atoms with Gasteiger partial charge in [-0.3, -0.25) is 0 Å². The van der Waals surface area contributed by atoms with Gasteiger partial charge in [0.15, 0.2) is 0 Å². The molecule has 23 heavy (non-hydrogen) atoms. The highest BCUT2D eigenvalue weighted by atomic mass is 32.2. The van der Waals surface area contributed by atoms with E-state index in [-0.39, 0.29) is 21.6 Å². The molecule has 118 valence electrons. The number of hydrogen-bond acceptors (Lipinski definition) is 6. The minimum absolute atomic E-state index is 0.105. The van der Waals surface area contributed by atoms with E-state index < -0.39 is 9.84 Å². The molecule has 3 rings (SSSR count). The zero-order chi connectivity index (χ0) is 16.6. The molecule has 0 aliphatic rings. The van der Waals surface area contributed by atoms with Crippen molar-refractivity contribution in [2.75, 3.05) is 5.73 Å². The van der Waals surface area contributed by atoms with Gasteiger partial charge in [0.25, 0.3) is 5.95 Å². The van der Waals surface area contributed by atoms with E-state index in [1.807, 2.05) is 19.9 Å². The Hall–Kier alpha value is -2.74. The largest absolute Gasteiger partial charge is 0.382 e. The normalized spacial score (nSPS) is 11.6. The Balaban J connectivity index is 2.09. The second-order valence-electron chi connectivity index (χ2n) is 5.07. The number of anilines is 1. The zero-order valence-electron chi connectivity index (χ0n) is 12.6. The van der Waals surface area contributed by atoms with Crippen LogP contribution in [0.5, 0.6) is 0 Å². The van der Waals surface area contributed by atoms with Crippen molar-refractivity contribution in [3.05, 3.63) is 54.0 Å². The first-order chi connectivity index (χ1) is 10.9. The zero-order valence-corrected chi connectivity index (χ0v) is 13.4. The standard InChI is InChI=1S/C15H15N5O2S/c1-10-8-11(2)20(19-10)15-17-9-13(14(16)18-15)23(21,22)12-6-4-3-5-7-12/h3-9H,1-2H3,(H2,16,17,18). The highest BCUT2D eigenvalue weighted by Crippen LogP contribution is 2.24. The molecule has 0 aliphatic carbocycles. The number of aryl methyl sites for hydroxylation is 2. The first kappa shape index (κ1) is 15.2. The maximum Gasteiger partial charge on any atom is 0.252 e. The highest BCUT2D eigenvalue weighted by molar-refractivity contribution is 7.91. The quantitative estimate of drug-likeness (QED) is 0.784.